The molecule has 2 aromatic heterocycles. The Balaban J connectivity index is 1.97. The molecule has 18 heavy (non-hydrogen) atoms. The monoisotopic (exact) mass is 269 g/mol. The van der Waals surface area contributed by atoms with E-state index in [9.17, 15) is 0 Å². The van der Waals surface area contributed by atoms with Crippen LogP contribution in [0.1, 0.15) is 29.3 Å². The Morgan fingerprint density at radius 3 is 3.17 bits per heavy atom. The van der Waals surface area contributed by atoms with Crippen LogP contribution >= 0.6 is 11.3 Å². The van der Waals surface area contributed by atoms with Gasteiger partial charge in [0.05, 0.1) is 6.61 Å². The lowest BCUT2D eigenvalue weighted by Crippen LogP contribution is -2.14. The molecule has 0 spiro atoms. The number of aromatic nitrogens is 4. The number of methoxy groups -OCH3 is 1. The Morgan fingerprint density at radius 1 is 1.61 bits per heavy atom. The molecule has 2 unspecified atom stereocenters. The van der Waals surface area contributed by atoms with Gasteiger partial charge in [-0.3, -0.25) is 0 Å². The molecule has 0 radical (unpaired) electrons. The molecular formula is C10H15N5O2S. The van der Waals surface area contributed by atoms with Crippen molar-refractivity contribution in [2.45, 2.75) is 18.4 Å². The van der Waals surface area contributed by atoms with Crippen molar-refractivity contribution in [1.29, 1.82) is 0 Å². The average molecular weight is 269 g/mol. The van der Waals surface area contributed by atoms with Crippen LogP contribution in [0, 0.1) is 0 Å². The Morgan fingerprint density at radius 2 is 2.50 bits per heavy atom. The molecule has 0 bridgehead atoms. The molecule has 98 valence electrons. The average Bonchev–Trinajstić information content (AvgIpc) is 3.04. The van der Waals surface area contributed by atoms with Gasteiger partial charge in [0.1, 0.15) is 11.1 Å². The van der Waals surface area contributed by atoms with Crippen molar-refractivity contribution in [2.24, 2.45) is 5.73 Å². The minimum Gasteiger partial charge on any atom is -0.381 e. The van der Waals surface area contributed by atoms with Gasteiger partial charge in [-0.05, 0) is 6.42 Å². The summed E-state index contributed by atoms with van der Waals surface area (Å²) in [5, 5.41) is 13.7. The van der Waals surface area contributed by atoms with E-state index < -0.39 is 0 Å². The van der Waals surface area contributed by atoms with Gasteiger partial charge in [-0.2, -0.15) is 9.61 Å². The van der Waals surface area contributed by atoms with E-state index in [1.54, 1.807) is 11.6 Å². The Hall–Kier alpha value is -1.09. The number of ether oxygens (including phenoxy) is 2. The van der Waals surface area contributed by atoms with E-state index in [2.05, 4.69) is 15.3 Å². The quantitative estimate of drug-likeness (QED) is 0.861. The van der Waals surface area contributed by atoms with Crippen LogP contribution in [0.15, 0.2) is 0 Å². The van der Waals surface area contributed by atoms with Gasteiger partial charge in [-0.1, -0.05) is 11.3 Å². The smallest absolute Gasteiger partial charge is 0.234 e. The van der Waals surface area contributed by atoms with E-state index in [1.807, 2.05) is 0 Å². The molecule has 0 aliphatic carbocycles. The van der Waals surface area contributed by atoms with Gasteiger partial charge in [0.2, 0.25) is 4.96 Å². The largest absolute Gasteiger partial charge is 0.381 e. The van der Waals surface area contributed by atoms with E-state index >= 15 is 0 Å². The van der Waals surface area contributed by atoms with Crippen molar-refractivity contribution < 1.29 is 9.47 Å². The zero-order valence-corrected chi connectivity index (χ0v) is 10.9. The van der Waals surface area contributed by atoms with Gasteiger partial charge in [0, 0.05) is 26.2 Å². The third-order valence-electron chi connectivity index (χ3n) is 3.10. The SMILES string of the molecule is COC(CN)c1nn2c(C3CCOC3)nnc2s1. The first-order valence-corrected chi connectivity index (χ1v) is 6.67. The van der Waals surface area contributed by atoms with Crippen molar-refractivity contribution >= 4 is 16.3 Å². The van der Waals surface area contributed by atoms with Crippen LogP contribution < -0.4 is 5.73 Å². The van der Waals surface area contributed by atoms with Crippen LogP contribution in [0.3, 0.4) is 0 Å². The van der Waals surface area contributed by atoms with Gasteiger partial charge in [-0.25, -0.2) is 0 Å². The van der Waals surface area contributed by atoms with Gasteiger partial charge < -0.3 is 15.2 Å². The van der Waals surface area contributed by atoms with E-state index in [4.69, 9.17) is 15.2 Å². The van der Waals surface area contributed by atoms with Crippen molar-refractivity contribution in [3.63, 3.8) is 0 Å². The topological polar surface area (TPSA) is 87.6 Å². The summed E-state index contributed by atoms with van der Waals surface area (Å²) in [6.45, 7) is 1.88. The second-order valence-corrected chi connectivity index (χ2v) is 5.20. The molecule has 8 heteroatoms. The fourth-order valence-corrected chi connectivity index (χ4v) is 3.00. The highest BCUT2D eigenvalue weighted by molar-refractivity contribution is 7.16. The van der Waals surface area contributed by atoms with E-state index in [0.29, 0.717) is 13.2 Å². The molecular weight excluding hydrogens is 254 g/mol. The molecule has 2 aromatic rings. The number of fused-ring (bicyclic) bond motifs is 1. The molecule has 3 rings (SSSR count). The number of rotatable bonds is 4. The second-order valence-electron chi connectivity index (χ2n) is 4.21. The molecule has 3 heterocycles. The van der Waals surface area contributed by atoms with Gasteiger partial charge in [-0.15, -0.1) is 10.2 Å². The van der Waals surface area contributed by atoms with Gasteiger partial charge in [0.25, 0.3) is 0 Å². The van der Waals surface area contributed by atoms with Crippen LogP contribution in [0.25, 0.3) is 4.96 Å². The Kier molecular flexibility index (Phi) is 3.25. The zero-order chi connectivity index (χ0) is 12.5. The third kappa shape index (κ3) is 1.91. The Labute approximate surface area is 108 Å². The van der Waals surface area contributed by atoms with Crippen molar-refractivity contribution in [2.75, 3.05) is 26.9 Å². The summed E-state index contributed by atoms with van der Waals surface area (Å²) in [6.07, 6.45) is 0.794. The van der Waals surface area contributed by atoms with Crippen LogP contribution in [0.5, 0.6) is 0 Å². The summed E-state index contributed by atoms with van der Waals surface area (Å²) < 4.78 is 12.5. The molecule has 0 amide bonds. The number of nitrogens with zero attached hydrogens (tertiary/aromatic N) is 4. The summed E-state index contributed by atoms with van der Waals surface area (Å²) in [4.78, 5) is 0.780. The molecule has 0 aromatic carbocycles. The molecule has 1 aliphatic rings. The van der Waals surface area contributed by atoms with Crippen molar-refractivity contribution in [3.05, 3.63) is 10.8 Å². The lowest BCUT2D eigenvalue weighted by Gasteiger charge is -2.07. The second kappa shape index (κ2) is 4.88. The fraction of sp³-hybridized carbons (Fsp3) is 0.700. The van der Waals surface area contributed by atoms with Crippen LogP contribution in [-0.4, -0.2) is 46.7 Å². The summed E-state index contributed by atoms with van der Waals surface area (Å²) in [6, 6.07) is 0. The molecule has 1 aliphatic heterocycles. The van der Waals surface area contributed by atoms with E-state index in [0.717, 1.165) is 28.8 Å². The summed E-state index contributed by atoms with van der Waals surface area (Å²) in [5.74, 6) is 1.16. The van der Waals surface area contributed by atoms with Crippen molar-refractivity contribution in [1.82, 2.24) is 19.8 Å². The lowest BCUT2D eigenvalue weighted by molar-refractivity contribution is 0.109. The molecule has 1 saturated heterocycles. The van der Waals surface area contributed by atoms with Crippen LogP contribution in [0.4, 0.5) is 0 Å². The van der Waals surface area contributed by atoms with Gasteiger partial charge >= 0.3 is 0 Å². The van der Waals surface area contributed by atoms with Crippen LogP contribution in [0.2, 0.25) is 0 Å². The lowest BCUT2D eigenvalue weighted by atomic mass is 10.1. The number of hydrogen-bond donors (Lipinski definition) is 1. The molecule has 2 N–H and O–H groups in total. The molecule has 0 saturated carbocycles. The van der Waals surface area contributed by atoms with Gasteiger partial charge in [0.15, 0.2) is 5.82 Å². The minimum atomic E-state index is -0.177. The molecule has 2 atom stereocenters. The summed E-state index contributed by atoms with van der Waals surface area (Å²) >= 11 is 1.47. The standard InChI is InChI=1S/C10H15N5O2S/c1-16-7(4-11)9-14-15-8(6-2-3-17-5-6)12-13-10(15)18-9/h6-7H,2-5,11H2,1H3. The first kappa shape index (κ1) is 12.0. The maximum Gasteiger partial charge on any atom is 0.234 e. The highest BCUT2D eigenvalue weighted by Gasteiger charge is 2.25. The van der Waals surface area contributed by atoms with E-state index in [1.165, 1.54) is 11.3 Å². The normalized spacial score (nSPS) is 21.8. The third-order valence-corrected chi connectivity index (χ3v) is 4.09. The minimum absolute atomic E-state index is 0.177. The van der Waals surface area contributed by atoms with E-state index in [-0.39, 0.29) is 12.0 Å². The maximum atomic E-state index is 5.64. The van der Waals surface area contributed by atoms with Crippen molar-refractivity contribution in [3.8, 4) is 0 Å². The highest BCUT2D eigenvalue weighted by atomic mass is 32.1. The maximum absolute atomic E-state index is 5.64. The summed E-state index contributed by atoms with van der Waals surface area (Å²) in [5.41, 5.74) is 5.64. The highest BCUT2D eigenvalue weighted by Crippen LogP contribution is 2.27. The summed E-state index contributed by atoms with van der Waals surface area (Å²) in [7, 11) is 1.63. The first-order valence-electron chi connectivity index (χ1n) is 5.86. The molecule has 7 nitrogen and oxygen atoms in total. The van der Waals surface area contributed by atoms with Crippen LogP contribution in [-0.2, 0) is 9.47 Å². The predicted octanol–water partition coefficient (Wildman–Crippen LogP) is 0.336. The Bertz CT molecular complexity index is 529. The number of hydrogen-bond acceptors (Lipinski definition) is 7. The number of nitrogens with two attached hydrogens (primary N) is 1. The molecule has 1 fully saturated rings. The first-order chi connectivity index (χ1) is 8.83. The predicted molar refractivity (Wildman–Crippen MR) is 65.6 cm³/mol. The zero-order valence-electron chi connectivity index (χ0n) is 10.1. The fourth-order valence-electron chi connectivity index (χ4n) is 2.07.